The lowest BCUT2D eigenvalue weighted by Crippen LogP contribution is -2.16. The van der Waals surface area contributed by atoms with Crippen LogP contribution in [0.25, 0.3) is 0 Å². The van der Waals surface area contributed by atoms with Crippen LogP contribution >= 0.6 is 0 Å². The normalized spacial score (nSPS) is 11.1. The van der Waals surface area contributed by atoms with Crippen molar-refractivity contribution in [2.75, 3.05) is 13.1 Å². The number of hydrogen-bond acceptors (Lipinski definition) is 1. The van der Waals surface area contributed by atoms with Crippen molar-refractivity contribution in [1.82, 2.24) is 5.32 Å². The van der Waals surface area contributed by atoms with Crippen LogP contribution in [0.4, 0.5) is 0 Å². The Hall–Kier alpha value is -0.300. The van der Waals surface area contributed by atoms with Crippen LogP contribution in [0.2, 0.25) is 0 Å². The van der Waals surface area contributed by atoms with Gasteiger partial charge >= 0.3 is 0 Å². The Bertz CT molecular complexity index is 261. The highest BCUT2D eigenvalue weighted by atomic mass is 14.8. The van der Waals surface area contributed by atoms with Gasteiger partial charge < -0.3 is 5.32 Å². The van der Waals surface area contributed by atoms with E-state index < -0.39 is 0 Å². The van der Waals surface area contributed by atoms with Crippen molar-refractivity contribution in [2.45, 2.75) is 142 Å². The number of hydrogen-bond donors (Lipinski definition) is 1. The summed E-state index contributed by atoms with van der Waals surface area (Å²) in [5, 5.41) is 3.64. The first-order chi connectivity index (χ1) is 13.4. The molecule has 1 heteroatoms. The van der Waals surface area contributed by atoms with Crippen LogP contribution < -0.4 is 5.32 Å². The molecular weight excluding hydrogens is 326 g/mol. The molecule has 0 heterocycles. The third-order valence-electron chi connectivity index (χ3n) is 5.72. The van der Waals surface area contributed by atoms with Crippen LogP contribution in [0.5, 0.6) is 0 Å². The zero-order chi connectivity index (χ0) is 19.7. The molecule has 0 spiro atoms. The van der Waals surface area contributed by atoms with Crippen LogP contribution in [0.3, 0.4) is 0 Å². The summed E-state index contributed by atoms with van der Waals surface area (Å²) in [6.45, 7) is 8.55. The monoisotopic (exact) mass is 379 g/mol. The van der Waals surface area contributed by atoms with E-state index in [1.165, 1.54) is 148 Å². The summed E-state index contributed by atoms with van der Waals surface area (Å²) in [6, 6.07) is 0. The highest BCUT2D eigenvalue weighted by molar-refractivity contribution is 4.65. The molecule has 0 aromatic heterocycles. The first-order valence-electron chi connectivity index (χ1n) is 12.7. The summed E-state index contributed by atoms with van der Waals surface area (Å²) in [5.41, 5.74) is 0. The predicted molar refractivity (Wildman–Crippen MR) is 126 cm³/mol. The quantitative estimate of drug-likeness (QED) is 0.130. The molecule has 0 aromatic carbocycles. The molecule has 0 aliphatic rings. The van der Waals surface area contributed by atoms with Gasteiger partial charge in [0.1, 0.15) is 0 Å². The molecule has 0 radical (unpaired) electrons. The van der Waals surface area contributed by atoms with E-state index in [2.05, 4.69) is 18.8 Å². The molecule has 0 fully saturated rings. The Morgan fingerprint density at radius 2 is 0.815 bits per heavy atom. The largest absolute Gasteiger partial charge is 0.317 e. The Morgan fingerprint density at radius 1 is 0.481 bits per heavy atom. The van der Waals surface area contributed by atoms with E-state index in [9.17, 15) is 0 Å². The minimum atomic E-state index is 1.20. The van der Waals surface area contributed by atoms with Crippen molar-refractivity contribution < 1.29 is 0 Å². The van der Waals surface area contributed by atoms with Gasteiger partial charge in [-0.2, -0.15) is 0 Å². The van der Waals surface area contributed by atoms with Gasteiger partial charge in [-0.1, -0.05) is 122 Å². The molecule has 0 saturated carbocycles. The average Bonchev–Trinajstić information content (AvgIpc) is 2.68. The third-order valence-corrected chi connectivity index (χ3v) is 5.72. The average molecular weight is 380 g/mol. The molecule has 0 atom stereocenters. The summed E-state index contributed by atoms with van der Waals surface area (Å²) < 4.78 is 0. The summed E-state index contributed by atoms with van der Waals surface area (Å²) in [4.78, 5) is 0. The van der Waals surface area contributed by atoms with Crippen LogP contribution in [-0.4, -0.2) is 13.1 Å². The van der Waals surface area contributed by atoms with E-state index in [4.69, 9.17) is 0 Å². The first-order valence-corrected chi connectivity index (χ1v) is 12.7. The van der Waals surface area contributed by atoms with E-state index in [1.54, 1.807) is 0 Å². The lowest BCUT2D eigenvalue weighted by molar-refractivity contribution is 0.524. The molecule has 0 aliphatic carbocycles. The molecule has 27 heavy (non-hydrogen) atoms. The Morgan fingerprint density at radius 3 is 1.19 bits per heavy atom. The van der Waals surface area contributed by atoms with E-state index in [0.29, 0.717) is 0 Å². The molecule has 0 aliphatic heterocycles. The lowest BCUT2D eigenvalue weighted by Gasteiger charge is -2.05. The van der Waals surface area contributed by atoms with Crippen molar-refractivity contribution in [3.05, 3.63) is 12.7 Å². The van der Waals surface area contributed by atoms with Gasteiger partial charge in [-0.15, -0.1) is 6.58 Å². The zero-order valence-electron chi connectivity index (χ0n) is 19.0. The topological polar surface area (TPSA) is 12.0 Å². The van der Waals surface area contributed by atoms with Crippen molar-refractivity contribution in [3.63, 3.8) is 0 Å². The van der Waals surface area contributed by atoms with Crippen LogP contribution in [0.1, 0.15) is 142 Å². The predicted octanol–water partition coefficient (Wildman–Crippen LogP) is 8.97. The second-order valence-corrected chi connectivity index (χ2v) is 8.54. The fourth-order valence-electron chi connectivity index (χ4n) is 3.82. The van der Waals surface area contributed by atoms with Gasteiger partial charge in [-0.3, -0.25) is 0 Å². The molecule has 0 rings (SSSR count). The lowest BCUT2D eigenvalue weighted by atomic mass is 10.1. The van der Waals surface area contributed by atoms with E-state index in [0.717, 1.165) is 0 Å². The number of rotatable bonds is 24. The molecule has 162 valence electrons. The molecule has 1 nitrogen and oxygen atoms in total. The van der Waals surface area contributed by atoms with Crippen molar-refractivity contribution >= 4 is 0 Å². The molecule has 0 bridgehead atoms. The van der Waals surface area contributed by atoms with Crippen molar-refractivity contribution in [1.29, 1.82) is 0 Å². The van der Waals surface area contributed by atoms with Crippen LogP contribution in [0.15, 0.2) is 12.7 Å². The fraction of sp³-hybridized carbons (Fsp3) is 0.923. The summed E-state index contributed by atoms with van der Waals surface area (Å²) in [6.07, 6.45) is 31.8. The van der Waals surface area contributed by atoms with Gasteiger partial charge in [0.15, 0.2) is 0 Å². The Kier molecular flexibility index (Phi) is 25.4. The summed E-state index contributed by atoms with van der Waals surface area (Å²) in [7, 11) is 0. The Labute approximate surface area is 173 Å². The van der Waals surface area contributed by atoms with E-state index >= 15 is 0 Å². The maximum Gasteiger partial charge on any atom is -0.00489 e. The van der Waals surface area contributed by atoms with Gasteiger partial charge in [0.2, 0.25) is 0 Å². The summed E-state index contributed by atoms with van der Waals surface area (Å²) in [5.74, 6) is 0. The number of allylic oxidation sites excluding steroid dienone is 1. The molecule has 0 saturated heterocycles. The highest BCUT2D eigenvalue weighted by Crippen LogP contribution is 2.12. The first kappa shape index (κ1) is 26.7. The fourth-order valence-corrected chi connectivity index (χ4v) is 3.82. The highest BCUT2D eigenvalue weighted by Gasteiger charge is 1.95. The van der Waals surface area contributed by atoms with Gasteiger partial charge in [0.25, 0.3) is 0 Å². The van der Waals surface area contributed by atoms with Crippen LogP contribution in [-0.2, 0) is 0 Å². The molecule has 1 N–H and O–H groups in total. The Balaban J connectivity index is 2.96. The van der Waals surface area contributed by atoms with E-state index in [-0.39, 0.29) is 0 Å². The number of nitrogens with one attached hydrogen (secondary N) is 1. The van der Waals surface area contributed by atoms with Crippen molar-refractivity contribution in [2.24, 2.45) is 0 Å². The maximum atomic E-state index is 3.78. The van der Waals surface area contributed by atoms with Crippen LogP contribution in [0, 0.1) is 0 Å². The molecule has 0 unspecified atom stereocenters. The second-order valence-electron chi connectivity index (χ2n) is 8.54. The summed E-state index contributed by atoms with van der Waals surface area (Å²) >= 11 is 0. The zero-order valence-corrected chi connectivity index (χ0v) is 19.0. The minimum Gasteiger partial charge on any atom is -0.317 e. The van der Waals surface area contributed by atoms with Gasteiger partial charge in [0, 0.05) is 0 Å². The standard InChI is InChI=1S/C26H53N/c1-3-5-7-9-11-13-15-16-18-20-22-24-26-27-25-23-21-19-17-14-12-10-8-6-4-2/h3,27H,1,4-26H2,2H3. The maximum absolute atomic E-state index is 3.78. The second kappa shape index (κ2) is 25.7. The van der Waals surface area contributed by atoms with Gasteiger partial charge in [0.05, 0.1) is 0 Å². The van der Waals surface area contributed by atoms with E-state index in [1.807, 2.05) is 6.08 Å². The molecular formula is C26H53N. The molecule has 0 aromatic rings. The smallest absolute Gasteiger partial charge is 0.00489 e. The molecule has 0 amide bonds. The number of unbranched alkanes of at least 4 members (excludes halogenated alkanes) is 19. The van der Waals surface area contributed by atoms with Gasteiger partial charge in [-0.25, -0.2) is 0 Å². The van der Waals surface area contributed by atoms with Gasteiger partial charge in [-0.05, 0) is 38.8 Å². The van der Waals surface area contributed by atoms with Crippen molar-refractivity contribution in [3.8, 4) is 0 Å². The SMILES string of the molecule is C=CCCCCCCCCCCCCNCCCCCCCCCCCC. The minimum absolute atomic E-state index is 1.20. The third kappa shape index (κ3) is 25.7.